The van der Waals surface area contributed by atoms with Gasteiger partial charge in [0.2, 0.25) is 5.13 Å². The number of carbonyl (C=O) groups is 1. The maximum absolute atomic E-state index is 12.3. The van der Waals surface area contributed by atoms with Gasteiger partial charge in [0.15, 0.2) is 0 Å². The lowest BCUT2D eigenvalue weighted by molar-refractivity contribution is 0.250. The molecular weight excluding hydrogens is 310 g/mol. The van der Waals surface area contributed by atoms with Gasteiger partial charge in [-0.2, -0.15) is 0 Å². The van der Waals surface area contributed by atoms with Gasteiger partial charge in [-0.1, -0.05) is 41.7 Å². The third-order valence-electron chi connectivity index (χ3n) is 3.19. The van der Waals surface area contributed by atoms with Gasteiger partial charge in [-0.25, -0.2) is 4.79 Å². The number of rotatable bonds is 4. The van der Waals surface area contributed by atoms with Crippen LogP contribution in [-0.4, -0.2) is 21.2 Å². The van der Waals surface area contributed by atoms with Gasteiger partial charge in [-0.05, 0) is 30.2 Å². The van der Waals surface area contributed by atoms with Gasteiger partial charge in [0, 0.05) is 12.4 Å². The molecule has 0 saturated heterocycles. The standard InChI is InChI=1S/C16H15N5OS/c1-11-20-21-16(23-11)19-15(22)18-14(12-5-3-2-4-6-12)13-7-9-17-10-8-13/h2-10,14H,1H3,(H2,18,19,21,22)/t14-/m1/s1. The predicted octanol–water partition coefficient (Wildman–Crippen LogP) is 3.15. The lowest BCUT2D eigenvalue weighted by atomic mass is 10.00. The Hall–Kier alpha value is -2.80. The number of carbonyl (C=O) groups excluding carboxylic acids is 1. The van der Waals surface area contributed by atoms with E-state index in [-0.39, 0.29) is 12.1 Å². The van der Waals surface area contributed by atoms with E-state index in [1.807, 2.05) is 49.4 Å². The minimum atomic E-state index is -0.327. The van der Waals surface area contributed by atoms with Crippen LogP contribution in [0.5, 0.6) is 0 Å². The van der Waals surface area contributed by atoms with Crippen molar-refractivity contribution in [3.63, 3.8) is 0 Å². The van der Waals surface area contributed by atoms with Crippen LogP contribution in [0.2, 0.25) is 0 Å². The van der Waals surface area contributed by atoms with Gasteiger partial charge in [0.25, 0.3) is 0 Å². The number of aryl methyl sites for hydroxylation is 1. The second kappa shape index (κ2) is 6.97. The first-order valence-corrected chi connectivity index (χ1v) is 7.86. The Bertz CT molecular complexity index is 736. The van der Waals surface area contributed by atoms with Crippen molar-refractivity contribution in [1.82, 2.24) is 20.5 Å². The maximum atomic E-state index is 12.3. The van der Waals surface area contributed by atoms with E-state index in [1.54, 1.807) is 12.4 Å². The van der Waals surface area contributed by atoms with Crippen molar-refractivity contribution < 1.29 is 4.79 Å². The predicted molar refractivity (Wildman–Crippen MR) is 89.3 cm³/mol. The first-order chi connectivity index (χ1) is 11.2. The molecule has 116 valence electrons. The fraction of sp³-hybridized carbons (Fsp3) is 0.125. The van der Waals surface area contributed by atoms with E-state index in [1.165, 1.54) is 11.3 Å². The molecule has 0 aliphatic carbocycles. The molecule has 0 aliphatic heterocycles. The topological polar surface area (TPSA) is 79.8 Å². The lowest BCUT2D eigenvalue weighted by Gasteiger charge is -2.19. The minimum absolute atomic E-state index is 0.270. The Morgan fingerprint density at radius 2 is 1.74 bits per heavy atom. The molecule has 2 aromatic heterocycles. The Morgan fingerprint density at radius 3 is 2.39 bits per heavy atom. The largest absolute Gasteiger partial charge is 0.327 e. The molecule has 0 unspecified atom stereocenters. The monoisotopic (exact) mass is 325 g/mol. The highest BCUT2D eigenvalue weighted by molar-refractivity contribution is 7.15. The van der Waals surface area contributed by atoms with E-state index < -0.39 is 0 Å². The molecule has 0 radical (unpaired) electrons. The molecule has 0 saturated carbocycles. The first-order valence-electron chi connectivity index (χ1n) is 7.05. The smallest absolute Gasteiger partial charge is 0.321 e. The summed E-state index contributed by atoms with van der Waals surface area (Å²) < 4.78 is 0. The zero-order valence-corrected chi connectivity index (χ0v) is 13.2. The van der Waals surface area contributed by atoms with Crippen LogP contribution < -0.4 is 10.6 Å². The summed E-state index contributed by atoms with van der Waals surface area (Å²) in [5.74, 6) is 0. The van der Waals surface area contributed by atoms with Gasteiger partial charge in [0.1, 0.15) is 5.01 Å². The third-order valence-corrected chi connectivity index (χ3v) is 3.95. The maximum Gasteiger partial charge on any atom is 0.321 e. The quantitative estimate of drug-likeness (QED) is 0.772. The van der Waals surface area contributed by atoms with Crippen molar-refractivity contribution >= 4 is 22.5 Å². The molecule has 1 aromatic carbocycles. The summed E-state index contributed by atoms with van der Waals surface area (Å²) in [6.07, 6.45) is 3.41. The molecule has 3 rings (SSSR count). The van der Waals surface area contributed by atoms with Gasteiger partial charge in [-0.3, -0.25) is 10.3 Å². The van der Waals surface area contributed by atoms with E-state index in [2.05, 4.69) is 25.8 Å². The van der Waals surface area contributed by atoms with Crippen LogP contribution in [0.4, 0.5) is 9.93 Å². The Morgan fingerprint density at radius 1 is 1.04 bits per heavy atom. The fourth-order valence-electron chi connectivity index (χ4n) is 2.17. The number of hydrogen-bond acceptors (Lipinski definition) is 5. The molecule has 0 spiro atoms. The zero-order chi connectivity index (χ0) is 16.1. The number of urea groups is 1. The Labute approximate surface area is 137 Å². The number of aromatic nitrogens is 3. The average molecular weight is 325 g/mol. The highest BCUT2D eigenvalue weighted by atomic mass is 32.1. The van der Waals surface area contributed by atoms with Gasteiger partial charge >= 0.3 is 6.03 Å². The van der Waals surface area contributed by atoms with Crippen LogP contribution in [0.3, 0.4) is 0 Å². The lowest BCUT2D eigenvalue weighted by Crippen LogP contribution is -2.33. The van der Waals surface area contributed by atoms with Crippen LogP contribution in [-0.2, 0) is 0 Å². The second-order valence-corrected chi connectivity index (χ2v) is 6.03. The molecule has 2 heterocycles. The summed E-state index contributed by atoms with van der Waals surface area (Å²) in [6, 6.07) is 12.9. The normalized spacial score (nSPS) is 11.7. The zero-order valence-electron chi connectivity index (χ0n) is 12.4. The van der Waals surface area contributed by atoms with Gasteiger partial charge in [-0.15, -0.1) is 10.2 Å². The summed E-state index contributed by atoms with van der Waals surface area (Å²) >= 11 is 1.33. The summed E-state index contributed by atoms with van der Waals surface area (Å²) in [4.78, 5) is 16.3. The van der Waals surface area contributed by atoms with Crippen LogP contribution in [0.1, 0.15) is 22.2 Å². The average Bonchev–Trinajstić information content (AvgIpc) is 2.99. The molecule has 0 bridgehead atoms. The van der Waals surface area contributed by atoms with Crippen LogP contribution in [0.25, 0.3) is 0 Å². The Balaban J connectivity index is 1.80. The number of amides is 2. The second-order valence-electron chi connectivity index (χ2n) is 4.85. The van der Waals surface area contributed by atoms with Crippen molar-refractivity contribution in [2.24, 2.45) is 0 Å². The molecule has 6 nitrogen and oxygen atoms in total. The number of hydrogen-bond donors (Lipinski definition) is 2. The van der Waals surface area contributed by atoms with Crippen molar-refractivity contribution in [1.29, 1.82) is 0 Å². The molecule has 3 aromatic rings. The summed E-state index contributed by atoms with van der Waals surface area (Å²) in [6.45, 7) is 1.84. The molecule has 1 atom stereocenters. The number of anilines is 1. The van der Waals surface area contributed by atoms with Crippen LogP contribution >= 0.6 is 11.3 Å². The van der Waals surface area contributed by atoms with E-state index in [0.29, 0.717) is 5.13 Å². The van der Waals surface area contributed by atoms with E-state index >= 15 is 0 Å². The number of nitrogens with zero attached hydrogens (tertiary/aromatic N) is 3. The van der Waals surface area contributed by atoms with Gasteiger partial charge in [0.05, 0.1) is 6.04 Å². The van der Waals surface area contributed by atoms with E-state index in [9.17, 15) is 4.79 Å². The minimum Gasteiger partial charge on any atom is -0.327 e. The number of nitrogens with one attached hydrogen (secondary N) is 2. The molecule has 0 aliphatic rings. The first kappa shape index (κ1) is 15.1. The summed E-state index contributed by atoms with van der Waals surface area (Å²) in [7, 11) is 0. The van der Waals surface area contributed by atoms with Crippen molar-refractivity contribution in [2.75, 3.05) is 5.32 Å². The molecule has 23 heavy (non-hydrogen) atoms. The van der Waals surface area contributed by atoms with Crippen molar-refractivity contribution in [3.8, 4) is 0 Å². The van der Waals surface area contributed by atoms with Gasteiger partial charge < -0.3 is 5.32 Å². The number of benzene rings is 1. The summed E-state index contributed by atoms with van der Waals surface area (Å²) in [5, 5.41) is 14.7. The van der Waals surface area contributed by atoms with Crippen LogP contribution in [0.15, 0.2) is 54.9 Å². The van der Waals surface area contributed by atoms with E-state index in [4.69, 9.17) is 0 Å². The van der Waals surface area contributed by atoms with Crippen LogP contribution in [0, 0.1) is 6.92 Å². The Kier molecular flexibility index (Phi) is 4.58. The van der Waals surface area contributed by atoms with E-state index in [0.717, 1.165) is 16.1 Å². The highest BCUT2D eigenvalue weighted by Crippen LogP contribution is 2.22. The third kappa shape index (κ3) is 3.89. The fourth-order valence-corrected chi connectivity index (χ4v) is 2.76. The summed E-state index contributed by atoms with van der Waals surface area (Å²) in [5.41, 5.74) is 1.94. The molecule has 0 fully saturated rings. The van der Waals surface area contributed by atoms with Crippen molar-refractivity contribution in [2.45, 2.75) is 13.0 Å². The SMILES string of the molecule is Cc1nnc(NC(=O)N[C@H](c2ccccc2)c2ccncc2)s1. The molecular formula is C16H15N5OS. The number of pyridine rings is 1. The molecule has 7 heteroatoms. The highest BCUT2D eigenvalue weighted by Gasteiger charge is 2.17. The molecule has 2 N–H and O–H groups in total. The molecule has 2 amide bonds. The van der Waals surface area contributed by atoms with Crippen molar-refractivity contribution in [3.05, 3.63) is 71.0 Å².